The number of aromatic nitrogens is 2. The smallest absolute Gasteiger partial charge is 0.308 e. The molecule has 7 nitrogen and oxygen atoms in total. The van der Waals surface area contributed by atoms with E-state index in [1.807, 2.05) is 0 Å². The fourth-order valence-electron chi connectivity index (χ4n) is 1.70. The maximum absolute atomic E-state index is 13.8. The minimum Gasteiger partial charge on any atom is -0.346 e. The maximum atomic E-state index is 13.8. The zero-order chi connectivity index (χ0) is 15.6. The van der Waals surface area contributed by atoms with Gasteiger partial charge in [0, 0.05) is 13.2 Å². The molecular formula is C12H10F2N4O3. The summed E-state index contributed by atoms with van der Waals surface area (Å²) in [6, 6.07) is 2.66. The van der Waals surface area contributed by atoms with Gasteiger partial charge in [0.2, 0.25) is 5.82 Å². The van der Waals surface area contributed by atoms with Crippen LogP contribution in [0.5, 0.6) is 0 Å². The van der Waals surface area contributed by atoms with Crippen LogP contribution in [0.15, 0.2) is 24.4 Å². The zero-order valence-corrected chi connectivity index (χ0v) is 10.8. The molecule has 0 bridgehead atoms. The van der Waals surface area contributed by atoms with Crippen LogP contribution < -0.4 is 5.32 Å². The van der Waals surface area contributed by atoms with E-state index in [1.165, 1.54) is 4.68 Å². The summed E-state index contributed by atoms with van der Waals surface area (Å²) in [5, 5.41) is 16.9. The van der Waals surface area contributed by atoms with Gasteiger partial charge in [0.1, 0.15) is 5.82 Å². The topological polar surface area (TPSA) is 90.1 Å². The molecule has 0 unspecified atom stereocenters. The van der Waals surface area contributed by atoms with Gasteiger partial charge in [-0.05, 0) is 12.1 Å². The lowest BCUT2D eigenvalue weighted by atomic mass is 10.1. The second kappa shape index (κ2) is 5.65. The van der Waals surface area contributed by atoms with Gasteiger partial charge in [0.05, 0.1) is 28.8 Å². The summed E-state index contributed by atoms with van der Waals surface area (Å²) >= 11 is 0. The Bertz CT molecular complexity index is 715. The van der Waals surface area contributed by atoms with Gasteiger partial charge < -0.3 is 5.32 Å². The number of amides is 1. The molecule has 9 heteroatoms. The Morgan fingerprint density at radius 3 is 2.76 bits per heavy atom. The van der Waals surface area contributed by atoms with E-state index in [-0.39, 0.29) is 6.54 Å². The molecule has 0 fully saturated rings. The van der Waals surface area contributed by atoms with E-state index in [0.29, 0.717) is 17.8 Å². The average molecular weight is 296 g/mol. The highest BCUT2D eigenvalue weighted by Crippen LogP contribution is 2.22. The predicted octanol–water partition coefficient (Wildman–Crippen LogP) is 1.54. The molecule has 1 amide bonds. The molecule has 21 heavy (non-hydrogen) atoms. The molecule has 0 aliphatic rings. The van der Waals surface area contributed by atoms with Gasteiger partial charge in [0.15, 0.2) is 0 Å². The monoisotopic (exact) mass is 296 g/mol. The van der Waals surface area contributed by atoms with Crippen LogP contribution in [0.3, 0.4) is 0 Å². The second-order valence-electron chi connectivity index (χ2n) is 4.21. The van der Waals surface area contributed by atoms with Crippen molar-refractivity contribution in [3.63, 3.8) is 0 Å². The van der Waals surface area contributed by atoms with E-state index < -0.39 is 33.7 Å². The number of nitrogens with one attached hydrogen (secondary N) is 1. The molecule has 0 saturated heterocycles. The number of aryl methyl sites for hydroxylation is 1. The molecule has 0 saturated carbocycles. The summed E-state index contributed by atoms with van der Waals surface area (Å²) in [6.45, 7) is -0.0105. The Kier molecular flexibility index (Phi) is 3.92. The minimum atomic E-state index is -1.38. The number of nitrogens with zero attached hydrogens (tertiary/aromatic N) is 3. The highest BCUT2D eigenvalue weighted by molar-refractivity contribution is 5.95. The number of nitro benzene ring substituents is 1. The van der Waals surface area contributed by atoms with Crippen LogP contribution >= 0.6 is 0 Å². The SMILES string of the molecule is Cn1ccc(CNC(=O)c2cc(F)cc([N+](=O)[O-])c2F)n1. The molecule has 1 N–H and O–H groups in total. The van der Waals surface area contributed by atoms with Crippen molar-refractivity contribution in [2.75, 3.05) is 0 Å². The van der Waals surface area contributed by atoms with Crippen LogP contribution in [0.1, 0.15) is 16.1 Å². The van der Waals surface area contributed by atoms with E-state index in [4.69, 9.17) is 0 Å². The first-order valence-electron chi connectivity index (χ1n) is 5.78. The lowest BCUT2D eigenvalue weighted by Gasteiger charge is -2.05. The summed E-state index contributed by atoms with van der Waals surface area (Å²) in [7, 11) is 1.68. The molecule has 0 spiro atoms. The normalized spacial score (nSPS) is 10.4. The quantitative estimate of drug-likeness (QED) is 0.684. The van der Waals surface area contributed by atoms with Crippen molar-refractivity contribution in [3.8, 4) is 0 Å². The molecule has 2 rings (SSSR count). The highest BCUT2D eigenvalue weighted by atomic mass is 19.1. The van der Waals surface area contributed by atoms with Crippen molar-refractivity contribution in [1.82, 2.24) is 15.1 Å². The molecule has 0 atom stereocenters. The number of carbonyl (C=O) groups is 1. The first-order valence-corrected chi connectivity index (χ1v) is 5.78. The Hall–Kier alpha value is -2.84. The van der Waals surface area contributed by atoms with Crippen molar-refractivity contribution in [2.45, 2.75) is 6.54 Å². The van der Waals surface area contributed by atoms with E-state index in [0.717, 1.165) is 0 Å². The average Bonchev–Trinajstić information content (AvgIpc) is 2.83. The van der Waals surface area contributed by atoms with Crippen LogP contribution in [0.4, 0.5) is 14.5 Å². The third kappa shape index (κ3) is 3.19. The van der Waals surface area contributed by atoms with E-state index in [9.17, 15) is 23.7 Å². The fourth-order valence-corrected chi connectivity index (χ4v) is 1.70. The number of hydrogen-bond acceptors (Lipinski definition) is 4. The molecule has 1 heterocycles. The first kappa shape index (κ1) is 14.6. The Balaban J connectivity index is 2.21. The Morgan fingerprint density at radius 1 is 1.48 bits per heavy atom. The van der Waals surface area contributed by atoms with Crippen LogP contribution in [0, 0.1) is 21.7 Å². The Labute approximate surface area is 117 Å². The van der Waals surface area contributed by atoms with Crippen LogP contribution in [-0.4, -0.2) is 20.6 Å². The molecule has 1 aromatic carbocycles. The van der Waals surface area contributed by atoms with E-state index in [1.54, 1.807) is 19.3 Å². The predicted molar refractivity (Wildman–Crippen MR) is 67.4 cm³/mol. The Morgan fingerprint density at radius 2 is 2.19 bits per heavy atom. The van der Waals surface area contributed by atoms with Gasteiger partial charge in [-0.15, -0.1) is 0 Å². The molecule has 110 valence electrons. The minimum absolute atomic E-state index is 0.0105. The number of carbonyl (C=O) groups excluding carboxylic acids is 1. The summed E-state index contributed by atoms with van der Waals surface area (Å²) in [5.41, 5.74) is -1.30. The summed E-state index contributed by atoms with van der Waals surface area (Å²) in [6.07, 6.45) is 1.65. The maximum Gasteiger partial charge on any atom is 0.308 e. The summed E-state index contributed by atoms with van der Waals surface area (Å²) in [4.78, 5) is 21.3. The standard InChI is InChI=1S/C12H10F2N4O3/c1-17-3-2-8(16-17)6-15-12(19)9-4-7(13)5-10(11(9)14)18(20)21/h2-5H,6H2,1H3,(H,15,19). The molecule has 0 radical (unpaired) electrons. The van der Waals surface area contributed by atoms with E-state index in [2.05, 4.69) is 10.4 Å². The molecule has 0 aliphatic carbocycles. The fraction of sp³-hybridized carbons (Fsp3) is 0.167. The lowest BCUT2D eigenvalue weighted by Crippen LogP contribution is -2.24. The molecule has 0 aliphatic heterocycles. The van der Waals surface area contributed by atoms with Gasteiger partial charge in [-0.1, -0.05) is 0 Å². The third-order valence-electron chi connectivity index (χ3n) is 2.66. The van der Waals surface area contributed by atoms with Gasteiger partial charge in [-0.2, -0.15) is 9.49 Å². The van der Waals surface area contributed by atoms with Crippen molar-refractivity contribution in [2.24, 2.45) is 7.05 Å². The number of benzene rings is 1. The van der Waals surface area contributed by atoms with E-state index >= 15 is 0 Å². The van der Waals surface area contributed by atoms with Crippen LogP contribution in [-0.2, 0) is 13.6 Å². The number of halogens is 2. The highest BCUT2D eigenvalue weighted by Gasteiger charge is 2.24. The van der Waals surface area contributed by atoms with Crippen molar-refractivity contribution >= 4 is 11.6 Å². The van der Waals surface area contributed by atoms with Gasteiger partial charge >= 0.3 is 5.69 Å². The molecular weight excluding hydrogens is 286 g/mol. The van der Waals surface area contributed by atoms with Gasteiger partial charge in [-0.3, -0.25) is 19.6 Å². The van der Waals surface area contributed by atoms with Gasteiger partial charge in [0.25, 0.3) is 5.91 Å². The zero-order valence-electron chi connectivity index (χ0n) is 10.8. The first-order chi connectivity index (χ1) is 9.88. The number of hydrogen-bond donors (Lipinski definition) is 1. The number of nitro groups is 1. The van der Waals surface area contributed by atoms with Crippen LogP contribution in [0.25, 0.3) is 0 Å². The molecule has 2 aromatic rings. The number of rotatable bonds is 4. The van der Waals surface area contributed by atoms with Gasteiger partial charge in [-0.25, -0.2) is 4.39 Å². The molecule has 1 aromatic heterocycles. The largest absolute Gasteiger partial charge is 0.346 e. The lowest BCUT2D eigenvalue weighted by molar-refractivity contribution is -0.387. The summed E-state index contributed by atoms with van der Waals surface area (Å²) in [5.74, 6) is -3.40. The van der Waals surface area contributed by atoms with Crippen LogP contribution in [0.2, 0.25) is 0 Å². The second-order valence-corrected chi connectivity index (χ2v) is 4.21. The third-order valence-corrected chi connectivity index (χ3v) is 2.66. The summed E-state index contributed by atoms with van der Waals surface area (Å²) < 4.78 is 28.5. The van der Waals surface area contributed by atoms with Crippen molar-refractivity contribution in [1.29, 1.82) is 0 Å². The van der Waals surface area contributed by atoms with Crippen molar-refractivity contribution in [3.05, 3.63) is 57.4 Å². The van der Waals surface area contributed by atoms with Crippen molar-refractivity contribution < 1.29 is 18.5 Å².